The molecule has 0 aromatic carbocycles. The fourth-order valence-corrected chi connectivity index (χ4v) is 2.45. The molecule has 1 rings (SSSR count). The number of amides is 1. The number of aromatic nitrogens is 2. The van der Waals surface area contributed by atoms with Crippen LogP contribution in [0.3, 0.4) is 0 Å². The molecule has 6 nitrogen and oxygen atoms in total. The maximum atomic E-state index is 12.5. The molecule has 0 atom stereocenters. The smallest absolute Gasteiger partial charge is 0.408 e. The van der Waals surface area contributed by atoms with Crippen LogP contribution in [0.4, 0.5) is 13.2 Å². The van der Waals surface area contributed by atoms with Crippen molar-refractivity contribution in [3.05, 3.63) is 17.0 Å². The lowest BCUT2D eigenvalue weighted by Crippen LogP contribution is -2.39. The van der Waals surface area contributed by atoms with Gasteiger partial charge in [0.05, 0.1) is 18.5 Å². The zero-order valence-corrected chi connectivity index (χ0v) is 14.1. The number of aliphatic carboxylic acids is 1. The molecule has 0 aliphatic carbocycles. The van der Waals surface area contributed by atoms with E-state index in [1.54, 1.807) is 20.8 Å². The second kappa shape index (κ2) is 7.67. The summed E-state index contributed by atoms with van der Waals surface area (Å²) in [6.07, 6.45) is -4.68. The van der Waals surface area contributed by atoms with Crippen LogP contribution in [0.25, 0.3) is 0 Å². The van der Waals surface area contributed by atoms with Crippen LogP contribution >= 0.6 is 0 Å². The van der Waals surface area contributed by atoms with E-state index >= 15 is 0 Å². The number of halogens is 3. The summed E-state index contributed by atoms with van der Waals surface area (Å²) in [5, 5.41) is 12.6. The SMILES string of the molecule is Cc1nn(CC(F)(F)F)c(C)c1CC(=O)N(CCC(=O)O)C(C)C. The van der Waals surface area contributed by atoms with Crippen molar-refractivity contribution in [2.24, 2.45) is 0 Å². The van der Waals surface area contributed by atoms with Crippen molar-refractivity contribution in [3.8, 4) is 0 Å². The van der Waals surface area contributed by atoms with Gasteiger partial charge in [-0.15, -0.1) is 0 Å². The van der Waals surface area contributed by atoms with Gasteiger partial charge in [0.25, 0.3) is 0 Å². The Bertz CT molecular complexity index is 609. The van der Waals surface area contributed by atoms with Gasteiger partial charge in [-0.2, -0.15) is 18.3 Å². The summed E-state index contributed by atoms with van der Waals surface area (Å²) in [6.45, 7) is 5.41. The summed E-state index contributed by atoms with van der Waals surface area (Å²) < 4.78 is 38.5. The van der Waals surface area contributed by atoms with Gasteiger partial charge in [0.2, 0.25) is 5.91 Å². The molecular formula is C15H22F3N3O3. The number of carbonyl (C=O) groups is 2. The molecule has 9 heteroatoms. The zero-order valence-electron chi connectivity index (χ0n) is 14.1. The maximum absolute atomic E-state index is 12.5. The van der Waals surface area contributed by atoms with Crippen molar-refractivity contribution in [1.29, 1.82) is 0 Å². The number of nitrogens with zero attached hydrogens (tertiary/aromatic N) is 3. The lowest BCUT2D eigenvalue weighted by atomic mass is 10.1. The molecule has 0 aliphatic rings. The topological polar surface area (TPSA) is 75.4 Å². The Balaban J connectivity index is 2.94. The number of hydrogen-bond acceptors (Lipinski definition) is 3. The molecule has 1 amide bonds. The highest BCUT2D eigenvalue weighted by Gasteiger charge is 2.30. The molecule has 24 heavy (non-hydrogen) atoms. The molecule has 0 bridgehead atoms. The Morgan fingerprint density at radius 3 is 2.33 bits per heavy atom. The number of hydrogen-bond donors (Lipinski definition) is 1. The van der Waals surface area contributed by atoms with Gasteiger partial charge in [0.1, 0.15) is 6.54 Å². The highest BCUT2D eigenvalue weighted by molar-refractivity contribution is 5.80. The van der Waals surface area contributed by atoms with Crippen molar-refractivity contribution < 1.29 is 27.9 Å². The first kappa shape index (κ1) is 20.0. The fourth-order valence-electron chi connectivity index (χ4n) is 2.45. The van der Waals surface area contributed by atoms with E-state index in [1.165, 1.54) is 11.8 Å². The van der Waals surface area contributed by atoms with Crippen LogP contribution in [0.2, 0.25) is 0 Å². The first-order chi connectivity index (χ1) is 10.9. The van der Waals surface area contributed by atoms with E-state index in [1.807, 2.05) is 0 Å². The normalized spacial score (nSPS) is 11.8. The van der Waals surface area contributed by atoms with Gasteiger partial charge in [-0.25, -0.2) is 0 Å². The highest BCUT2D eigenvalue weighted by Crippen LogP contribution is 2.22. The molecule has 1 aromatic rings. The van der Waals surface area contributed by atoms with Gasteiger partial charge in [0, 0.05) is 23.8 Å². The molecule has 0 spiro atoms. The summed E-state index contributed by atoms with van der Waals surface area (Å²) in [4.78, 5) is 24.5. The van der Waals surface area contributed by atoms with Crippen molar-refractivity contribution >= 4 is 11.9 Å². The lowest BCUT2D eigenvalue weighted by Gasteiger charge is -2.26. The van der Waals surface area contributed by atoms with E-state index in [0.29, 0.717) is 17.0 Å². The van der Waals surface area contributed by atoms with Crippen LogP contribution in [0.1, 0.15) is 37.2 Å². The average Bonchev–Trinajstić information content (AvgIpc) is 2.63. The first-order valence-corrected chi connectivity index (χ1v) is 7.53. The molecule has 0 saturated carbocycles. The number of carboxylic acids is 1. The van der Waals surface area contributed by atoms with Crippen molar-refractivity contribution in [2.75, 3.05) is 6.54 Å². The van der Waals surface area contributed by atoms with E-state index < -0.39 is 18.7 Å². The van der Waals surface area contributed by atoms with E-state index in [2.05, 4.69) is 5.10 Å². The van der Waals surface area contributed by atoms with Crippen molar-refractivity contribution in [2.45, 2.75) is 59.3 Å². The third-order valence-electron chi connectivity index (χ3n) is 3.70. The Labute approximate surface area is 138 Å². The Hall–Kier alpha value is -2.06. The summed E-state index contributed by atoms with van der Waals surface area (Å²) in [6, 6.07) is -0.206. The zero-order chi connectivity index (χ0) is 18.7. The predicted molar refractivity (Wildman–Crippen MR) is 80.6 cm³/mol. The number of aryl methyl sites for hydroxylation is 1. The van der Waals surface area contributed by atoms with Crippen molar-refractivity contribution in [3.63, 3.8) is 0 Å². The minimum absolute atomic E-state index is 0.0562. The van der Waals surface area contributed by atoms with Gasteiger partial charge >= 0.3 is 12.1 Å². The number of carbonyl (C=O) groups excluding carboxylic acids is 1. The van der Waals surface area contributed by atoms with Gasteiger partial charge in [0.15, 0.2) is 0 Å². The van der Waals surface area contributed by atoms with Crippen LogP contribution in [-0.2, 0) is 22.6 Å². The number of carboxylic acid groups (broad SMARTS) is 1. The summed E-state index contributed by atoms with van der Waals surface area (Å²) >= 11 is 0. The van der Waals surface area contributed by atoms with Crippen molar-refractivity contribution in [1.82, 2.24) is 14.7 Å². The van der Waals surface area contributed by atoms with E-state index in [-0.39, 0.29) is 31.3 Å². The Morgan fingerprint density at radius 1 is 1.29 bits per heavy atom. The highest BCUT2D eigenvalue weighted by atomic mass is 19.4. The lowest BCUT2D eigenvalue weighted by molar-refractivity contribution is -0.143. The largest absolute Gasteiger partial charge is 0.481 e. The van der Waals surface area contributed by atoms with E-state index in [0.717, 1.165) is 4.68 Å². The molecule has 0 saturated heterocycles. The molecule has 0 aliphatic heterocycles. The second-order valence-corrected chi connectivity index (χ2v) is 5.92. The molecule has 136 valence electrons. The fraction of sp³-hybridized carbons (Fsp3) is 0.667. The molecule has 1 N–H and O–H groups in total. The molecular weight excluding hydrogens is 327 g/mol. The monoisotopic (exact) mass is 349 g/mol. The molecule has 0 fully saturated rings. The van der Waals surface area contributed by atoms with E-state index in [4.69, 9.17) is 5.11 Å². The third kappa shape index (κ3) is 5.54. The number of alkyl halides is 3. The van der Waals surface area contributed by atoms with Crippen LogP contribution in [-0.4, -0.2) is 50.4 Å². The minimum Gasteiger partial charge on any atom is -0.481 e. The van der Waals surface area contributed by atoms with E-state index in [9.17, 15) is 22.8 Å². The second-order valence-electron chi connectivity index (χ2n) is 5.92. The van der Waals surface area contributed by atoms with Crippen LogP contribution < -0.4 is 0 Å². The van der Waals surface area contributed by atoms with Crippen LogP contribution in [0.15, 0.2) is 0 Å². The standard InChI is InChI=1S/C15H22F3N3O3/c1-9(2)20(6-5-14(23)24)13(22)7-12-10(3)19-21(11(12)4)8-15(16,17)18/h9H,5-8H2,1-4H3,(H,23,24). The quantitative estimate of drug-likeness (QED) is 0.820. The summed E-state index contributed by atoms with van der Waals surface area (Å²) in [5.74, 6) is -1.34. The Morgan fingerprint density at radius 2 is 1.88 bits per heavy atom. The van der Waals surface area contributed by atoms with Gasteiger partial charge in [-0.05, 0) is 27.7 Å². The third-order valence-corrected chi connectivity index (χ3v) is 3.70. The van der Waals surface area contributed by atoms with Gasteiger partial charge < -0.3 is 10.0 Å². The minimum atomic E-state index is -4.39. The molecule has 0 radical (unpaired) electrons. The molecule has 1 heterocycles. The van der Waals surface area contributed by atoms with Gasteiger partial charge in [-0.3, -0.25) is 14.3 Å². The molecule has 1 aromatic heterocycles. The number of rotatable bonds is 7. The molecule has 0 unspecified atom stereocenters. The summed E-state index contributed by atoms with van der Waals surface area (Å²) in [5.41, 5.74) is 1.11. The summed E-state index contributed by atoms with van der Waals surface area (Å²) in [7, 11) is 0. The van der Waals surface area contributed by atoms with Crippen LogP contribution in [0.5, 0.6) is 0 Å². The first-order valence-electron chi connectivity index (χ1n) is 7.53. The van der Waals surface area contributed by atoms with Crippen LogP contribution in [0, 0.1) is 13.8 Å². The Kier molecular flexibility index (Phi) is 6.39. The average molecular weight is 349 g/mol. The van der Waals surface area contributed by atoms with Gasteiger partial charge in [-0.1, -0.05) is 0 Å². The maximum Gasteiger partial charge on any atom is 0.408 e. The predicted octanol–water partition coefficient (Wildman–Crippen LogP) is 2.32.